The van der Waals surface area contributed by atoms with Gasteiger partial charge >= 0.3 is 11.9 Å². The fourth-order valence-corrected chi connectivity index (χ4v) is 3.60. The number of nitrogens with zero attached hydrogens (tertiary/aromatic N) is 2. The highest BCUT2D eigenvalue weighted by Crippen LogP contribution is 2.19. The molecule has 2 aromatic rings. The molecule has 0 bridgehead atoms. The molecule has 0 radical (unpaired) electrons. The third-order valence-corrected chi connectivity index (χ3v) is 5.36. The van der Waals surface area contributed by atoms with E-state index in [9.17, 15) is 0 Å². The van der Waals surface area contributed by atoms with E-state index in [1.54, 1.807) is 0 Å². The Hall–Kier alpha value is -3.16. The Morgan fingerprint density at radius 2 is 1.48 bits per heavy atom. The molecule has 7 nitrogen and oxygen atoms in total. The van der Waals surface area contributed by atoms with E-state index in [4.69, 9.17) is 24.5 Å². The first kappa shape index (κ1) is 26.1. The van der Waals surface area contributed by atoms with Crippen LogP contribution in [0, 0.1) is 0 Å². The third-order valence-electron chi connectivity index (χ3n) is 5.36. The van der Waals surface area contributed by atoms with E-state index in [-0.39, 0.29) is 0 Å². The van der Waals surface area contributed by atoms with Gasteiger partial charge in [-0.1, -0.05) is 54.6 Å². The zero-order valence-electron chi connectivity index (χ0n) is 19.1. The molecule has 2 aromatic carbocycles. The van der Waals surface area contributed by atoms with Crippen LogP contribution in [0.1, 0.15) is 24.0 Å². The first-order valence-corrected chi connectivity index (χ1v) is 11.3. The van der Waals surface area contributed by atoms with Crippen LogP contribution in [-0.2, 0) is 22.6 Å². The Morgan fingerprint density at radius 1 is 0.879 bits per heavy atom. The van der Waals surface area contributed by atoms with E-state index in [0.717, 1.165) is 31.7 Å². The number of carboxylic acids is 2. The average molecular weight is 455 g/mol. The molecule has 178 valence electrons. The summed E-state index contributed by atoms with van der Waals surface area (Å²) in [4.78, 5) is 23.4. The largest absolute Gasteiger partial charge is 0.493 e. The highest BCUT2D eigenvalue weighted by atomic mass is 16.5. The summed E-state index contributed by atoms with van der Waals surface area (Å²) in [6, 6.07) is 19.1. The zero-order chi connectivity index (χ0) is 23.9. The van der Waals surface area contributed by atoms with Crippen LogP contribution < -0.4 is 4.74 Å². The number of benzene rings is 2. The van der Waals surface area contributed by atoms with Crippen molar-refractivity contribution >= 4 is 11.9 Å². The molecule has 1 fully saturated rings. The number of unbranched alkanes of at least 4 members (excludes halogenated alkanes) is 1. The zero-order valence-corrected chi connectivity index (χ0v) is 19.1. The molecule has 7 heteroatoms. The van der Waals surface area contributed by atoms with Gasteiger partial charge in [-0.3, -0.25) is 4.90 Å². The van der Waals surface area contributed by atoms with Crippen molar-refractivity contribution in [3.63, 3.8) is 0 Å². The Kier molecular flexibility index (Phi) is 11.7. The first-order chi connectivity index (χ1) is 16.0. The summed E-state index contributed by atoms with van der Waals surface area (Å²) in [5.41, 5.74) is 2.64. The van der Waals surface area contributed by atoms with Gasteiger partial charge in [0.1, 0.15) is 5.75 Å². The summed E-state index contributed by atoms with van der Waals surface area (Å²) < 4.78 is 5.99. The number of aliphatic carboxylic acids is 2. The molecular formula is C26H34N2O5. The molecular weight excluding hydrogens is 420 g/mol. The number of hydrogen-bond donors (Lipinski definition) is 2. The van der Waals surface area contributed by atoms with Gasteiger partial charge in [-0.15, -0.1) is 6.58 Å². The molecule has 0 spiro atoms. The smallest absolute Gasteiger partial charge is 0.414 e. The highest BCUT2D eigenvalue weighted by Gasteiger charge is 2.16. The number of carbonyl (C=O) groups is 2. The second-order valence-corrected chi connectivity index (χ2v) is 7.87. The molecule has 0 unspecified atom stereocenters. The minimum Gasteiger partial charge on any atom is -0.493 e. The van der Waals surface area contributed by atoms with Crippen LogP contribution in [0.5, 0.6) is 5.75 Å². The average Bonchev–Trinajstić information content (AvgIpc) is 2.82. The molecule has 0 amide bonds. The Labute approximate surface area is 195 Å². The van der Waals surface area contributed by atoms with Crippen molar-refractivity contribution in [2.45, 2.75) is 25.8 Å². The highest BCUT2D eigenvalue weighted by molar-refractivity contribution is 6.27. The fourth-order valence-electron chi connectivity index (χ4n) is 3.60. The van der Waals surface area contributed by atoms with Gasteiger partial charge < -0.3 is 19.8 Å². The quantitative estimate of drug-likeness (QED) is 0.322. The van der Waals surface area contributed by atoms with E-state index in [0.29, 0.717) is 0 Å². The summed E-state index contributed by atoms with van der Waals surface area (Å²) in [5.74, 6) is -2.64. The lowest BCUT2D eigenvalue weighted by Gasteiger charge is -2.34. The van der Waals surface area contributed by atoms with Gasteiger partial charge in [0.15, 0.2) is 0 Å². The summed E-state index contributed by atoms with van der Waals surface area (Å²) in [6.07, 6.45) is 5.10. The lowest BCUT2D eigenvalue weighted by Crippen LogP contribution is -2.46. The second-order valence-electron chi connectivity index (χ2n) is 7.87. The number of carboxylic acid groups (broad SMARTS) is 2. The molecule has 1 saturated heterocycles. The summed E-state index contributed by atoms with van der Waals surface area (Å²) >= 11 is 0. The van der Waals surface area contributed by atoms with Crippen molar-refractivity contribution in [2.24, 2.45) is 0 Å². The molecule has 33 heavy (non-hydrogen) atoms. The van der Waals surface area contributed by atoms with Gasteiger partial charge in [0.05, 0.1) is 6.61 Å². The standard InChI is InChI=1S/C24H32N2O.C2H2O4/c1-2-10-23-13-6-7-14-24(23)27-20-9-8-15-25-16-18-26(19-17-25)21-22-11-4-3-5-12-22;3-1(4)2(5)6/h2-7,11-14H,1,8-10,15-21H2;(H,3,4)(H,5,6). The first-order valence-electron chi connectivity index (χ1n) is 11.3. The van der Waals surface area contributed by atoms with Crippen molar-refractivity contribution in [3.05, 3.63) is 78.4 Å². The minimum absolute atomic E-state index is 0.794. The fraction of sp³-hybridized carbons (Fsp3) is 0.385. The van der Waals surface area contributed by atoms with Gasteiger partial charge in [0.25, 0.3) is 0 Å². The predicted octanol–water partition coefficient (Wildman–Crippen LogP) is 3.55. The molecule has 2 N–H and O–H groups in total. The topological polar surface area (TPSA) is 90.3 Å². The van der Waals surface area contributed by atoms with Crippen LogP contribution in [0.15, 0.2) is 67.3 Å². The Bertz CT molecular complexity index is 852. The summed E-state index contributed by atoms with van der Waals surface area (Å²) in [6.45, 7) is 11.6. The van der Waals surface area contributed by atoms with Crippen molar-refractivity contribution in [1.82, 2.24) is 9.80 Å². The van der Waals surface area contributed by atoms with Crippen molar-refractivity contribution in [1.29, 1.82) is 0 Å². The Morgan fingerprint density at radius 3 is 2.12 bits per heavy atom. The number of allylic oxidation sites excluding steroid dienone is 1. The molecule has 0 aromatic heterocycles. The van der Waals surface area contributed by atoms with Crippen LogP contribution in [0.4, 0.5) is 0 Å². The van der Waals surface area contributed by atoms with Crippen LogP contribution in [0.2, 0.25) is 0 Å². The second kappa shape index (κ2) is 14.8. The predicted molar refractivity (Wildman–Crippen MR) is 129 cm³/mol. The summed E-state index contributed by atoms with van der Waals surface area (Å²) in [7, 11) is 0. The third kappa shape index (κ3) is 10.3. The van der Waals surface area contributed by atoms with Gasteiger partial charge in [-0.2, -0.15) is 0 Å². The van der Waals surface area contributed by atoms with E-state index in [1.165, 1.54) is 50.3 Å². The molecule has 0 aliphatic carbocycles. The lowest BCUT2D eigenvalue weighted by molar-refractivity contribution is -0.159. The maximum Gasteiger partial charge on any atom is 0.414 e. The van der Waals surface area contributed by atoms with Crippen LogP contribution in [0.25, 0.3) is 0 Å². The maximum atomic E-state index is 9.10. The number of hydrogen-bond acceptors (Lipinski definition) is 5. The number of ether oxygens (including phenoxy) is 1. The number of piperazine rings is 1. The normalized spacial score (nSPS) is 14.1. The van der Waals surface area contributed by atoms with Crippen LogP contribution in [-0.4, -0.2) is 71.3 Å². The van der Waals surface area contributed by atoms with Gasteiger partial charge in [-0.25, -0.2) is 9.59 Å². The van der Waals surface area contributed by atoms with Gasteiger partial charge in [0, 0.05) is 32.7 Å². The van der Waals surface area contributed by atoms with Gasteiger partial charge in [0.2, 0.25) is 0 Å². The van der Waals surface area contributed by atoms with Gasteiger partial charge in [-0.05, 0) is 43.0 Å². The van der Waals surface area contributed by atoms with Crippen molar-refractivity contribution in [2.75, 3.05) is 39.3 Å². The number of para-hydroxylation sites is 1. The molecule has 0 atom stereocenters. The Balaban J connectivity index is 0.000000569. The molecule has 3 rings (SSSR count). The van der Waals surface area contributed by atoms with Crippen LogP contribution >= 0.6 is 0 Å². The SMILES string of the molecule is C=CCc1ccccc1OCCCCN1CCN(Cc2ccccc2)CC1.O=C(O)C(=O)O. The minimum atomic E-state index is -1.82. The molecule has 1 aliphatic heterocycles. The number of rotatable bonds is 10. The van der Waals surface area contributed by atoms with Crippen molar-refractivity contribution < 1.29 is 24.5 Å². The molecule has 0 saturated carbocycles. The molecule has 1 heterocycles. The van der Waals surface area contributed by atoms with E-state index >= 15 is 0 Å². The lowest BCUT2D eigenvalue weighted by atomic mass is 10.1. The maximum absolute atomic E-state index is 9.10. The van der Waals surface area contributed by atoms with Crippen LogP contribution in [0.3, 0.4) is 0 Å². The van der Waals surface area contributed by atoms with E-state index in [2.05, 4.69) is 64.9 Å². The molecule has 1 aliphatic rings. The van der Waals surface area contributed by atoms with Crippen molar-refractivity contribution in [3.8, 4) is 5.75 Å². The van der Waals surface area contributed by atoms with E-state index < -0.39 is 11.9 Å². The van der Waals surface area contributed by atoms with E-state index in [1.807, 2.05) is 12.1 Å². The summed E-state index contributed by atoms with van der Waals surface area (Å²) in [5, 5.41) is 14.8. The monoisotopic (exact) mass is 454 g/mol.